The summed E-state index contributed by atoms with van der Waals surface area (Å²) in [5, 5.41) is 17.5. The van der Waals surface area contributed by atoms with E-state index in [1.54, 1.807) is 18.2 Å². The van der Waals surface area contributed by atoms with Crippen molar-refractivity contribution < 1.29 is 13.9 Å². The quantitative estimate of drug-likeness (QED) is 0.345. The van der Waals surface area contributed by atoms with Crippen LogP contribution in [-0.4, -0.2) is 41.9 Å². The van der Waals surface area contributed by atoms with Gasteiger partial charge in [-0.2, -0.15) is 4.98 Å². The van der Waals surface area contributed by atoms with Crippen molar-refractivity contribution in [2.24, 2.45) is 0 Å². The van der Waals surface area contributed by atoms with Crippen molar-refractivity contribution in [2.75, 3.05) is 11.9 Å². The average Bonchev–Trinajstić information content (AvgIpc) is 3.14. The number of alkyl halides is 2. The lowest BCUT2D eigenvalue weighted by atomic mass is 9.74. The summed E-state index contributed by atoms with van der Waals surface area (Å²) in [4.78, 5) is 26.6. The number of benzene rings is 1. The first kappa shape index (κ1) is 23.4. The van der Waals surface area contributed by atoms with Crippen molar-refractivity contribution in [3.8, 4) is 5.82 Å². The topological polar surface area (TPSA) is 110 Å². The van der Waals surface area contributed by atoms with E-state index < -0.39 is 24.4 Å². The zero-order chi connectivity index (χ0) is 25.8. The fraction of sp³-hybridized carbons (Fsp3) is 0.308. The number of hydrogen-bond donors (Lipinski definition) is 3. The zero-order valence-electron chi connectivity index (χ0n) is 19.9. The van der Waals surface area contributed by atoms with E-state index in [0.717, 1.165) is 25.2 Å². The van der Waals surface area contributed by atoms with Gasteiger partial charge < -0.3 is 15.7 Å². The molecule has 0 unspecified atom stereocenters. The minimum atomic E-state index is -2.93. The maximum absolute atomic E-state index is 13.6. The average molecular weight is 506 g/mol. The summed E-state index contributed by atoms with van der Waals surface area (Å²) in [7, 11) is 0. The molecular weight excluding hydrogens is 480 g/mol. The number of nitrogens with one attached hydrogen (secondary N) is 2. The Morgan fingerprint density at radius 2 is 2.03 bits per heavy atom. The van der Waals surface area contributed by atoms with Crippen LogP contribution in [0.5, 0.6) is 0 Å². The Morgan fingerprint density at radius 1 is 1.19 bits per heavy atom. The Hall–Kier alpha value is -3.96. The fourth-order valence-corrected chi connectivity index (χ4v) is 5.08. The Kier molecular flexibility index (Phi) is 5.42. The molecule has 190 valence electrons. The number of anilines is 2. The number of aromatic nitrogens is 5. The Balaban J connectivity index is 1.43. The van der Waals surface area contributed by atoms with Gasteiger partial charge in [-0.3, -0.25) is 4.79 Å². The molecule has 3 aromatic heterocycles. The molecule has 0 bridgehead atoms. The zero-order valence-corrected chi connectivity index (χ0v) is 19.9. The number of aliphatic hydroxyl groups is 1. The lowest BCUT2D eigenvalue weighted by Crippen LogP contribution is -2.49. The second kappa shape index (κ2) is 8.56. The Labute approximate surface area is 210 Å². The standard InChI is InChI=1S/C26H25F2N7O2/c1-2-10-34-23(36)19-13-30-24(31-18-7-6-17-12-29-9-8-16(17)11-18)33-22(19)35(34)21-5-3-4-20(32-21)25(37)14-26(27,28)15-25/h2-7,11,13,29,37H,1,8-10,12,14-15H2,(H,30,31,33). The summed E-state index contributed by atoms with van der Waals surface area (Å²) in [6.45, 7) is 5.64. The maximum atomic E-state index is 13.6. The highest BCUT2D eigenvalue weighted by molar-refractivity contribution is 5.77. The summed E-state index contributed by atoms with van der Waals surface area (Å²) in [5.74, 6) is -2.38. The normalized spacial score (nSPS) is 17.7. The lowest BCUT2D eigenvalue weighted by Gasteiger charge is -2.42. The van der Waals surface area contributed by atoms with E-state index in [1.165, 1.54) is 32.8 Å². The fourth-order valence-electron chi connectivity index (χ4n) is 5.08. The van der Waals surface area contributed by atoms with Crippen LogP contribution in [0.2, 0.25) is 0 Å². The molecular formula is C26H25F2N7O2. The third kappa shape index (κ3) is 4.09. The van der Waals surface area contributed by atoms with Crippen LogP contribution in [-0.2, 0) is 25.1 Å². The van der Waals surface area contributed by atoms with Gasteiger partial charge in [0.25, 0.3) is 11.5 Å². The maximum Gasteiger partial charge on any atom is 0.278 e. The van der Waals surface area contributed by atoms with Crippen LogP contribution in [0.3, 0.4) is 0 Å². The van der Waals surface area contributed by atoms with Crippen LogP contribution in [0, 0.1) is 0 Å². The van der Waals surface area contributed by atoms with E-state index >= 15 is 0 Å². The molecule has 1 fully saturated rings. The molecule has 2 aliphatic rings. The van der Waals surface area contributed by atoms with Crippen LogP contribution in [0.4, 0.5) is 20.4 Å². The first-order valence-corrected chi connectivity index (χ1v) is 12.0. The molecule has 11 heteroatoms. The molecule has 0 spiro atoms. The number of rotatable bonds is 6. The minimum Gasteiger partial charge on any atom is -0.383 e. The molecule has 37 heavy (non-hydrogen) atoms. The van der Waals surface area contributed by atoms with E-state index in [-0.39, 0.29) is 29.0 Å². The first-order chi connectivity index (χ1) is 17.8. The second-order valence-corrected chi connectivity index (χ2v) is 9.58. The highest BCUT2D eigenvalue weighted by atomic mass is 19.3. The van der Waals surface area contributed by atoms with Crippen LogP contribution in [0.25, 0.3) is 16.9 Å². The molecule has 4 heterocycles. The minimum absolute atomic E-state index is 0.117. The van der Waals surface area contributed by atoms with E-state index in [2.05, 4.69) is 44.3 Å². The Bertz CT molecular complexity index is 1590. The van der Waals surface area contributed by atoms with Gasteiger partial charge in [-0.05, 0) is 48.4 Å². The van der Waals surface area contributed by atoms with Crippen molar-refractivity contribution in [1.82, 2.24) is 29.6 Å². The molecule has 1 aliphatic heterocycles. The largest absolute Gasteiger partial charge is 0.383 e. The number of allylic oxidation sites excluding steroid dienone is 1. The summed E-state index contributed by atoms with van der Waals surface area (Å²) in [6.07, 6.45) is 2.55. The van der Waals surface area contributed by atoms with Crippen molar-refractivity contribution in [1.29, 1.82) is 0 Å². The van der Waals surface area contributed by atoms with Crippen molar-refractivity contribution in [3.05, 3.63) is 82.4 Å². The molecule has 0 amide bonds. The highest BCUT2D eigenvalue weighted by Gasteiger charge is 2.57. The molecule has 1 aliphatic carbocycles. The summed E-state index contributed by atoms with van der Waals surface area (Å²) < 4.78 is 30.0. The van der Waals surface area contributed by atoms with Gasteiger partial charge in [0.2, 0.25) is 5.95 Å². The van der Waals surface area contributed by atoms with Crippen LogP contribution in [0.15, 0.2) is 60.0 Å². The Morgan fingerprint density at radius 3 is 2.81 bits per heavy atom. The molecule has 0 saturated heterocycles. The van der Waals surface area contributed by atoms with E-state index in [1.807, 2.05) is 6.07 Å². The molecule has 6 rings (SSSR count). The predicted octanol–water partition coefficient (Wildman–Crippen LogP) is 3.17. The molecule has 4 aromatic rings. The van der Waals surface area contributed by atoms with Gasteiger partial charge in [0.1, 0.15) is 11.0 Å². The van der Waals surface area contributed by atoms with Gasteiger partial charge in [0.05, 0.1) is 12.2 Å². The molecule has 1 aromatic carbocycles. The van der Waals surface area contributed by atoms with Gasteiger partial charge in [0.15, 0.2) is 11.5 Å². The van der Waals surface area contributed by atoms with Crippen molar-refractivity contribution >= 4 is 22.7 Å². The van der Waals surface area contributed by atoms with Crippen molar-refractivity contribution in [2.45, 2.75) is 43.9 Å². The number of fused-ring (bicyclic) bond motifs is 2. The number of hydrogen-bond acceptors (Lipinski definition) is 7. The van der Waals surface area contributed by atoms with Gasteiger partial charge >= 0.3 is 0 Å². The van der Waals surface area contributed by atoms with Crippen LogP contribution < -0.4 is 16.2 Å². The summed E-state index contributed by atoms with van der Waals surface area (Å²) >= 11 is 0. The smallest absolute Gasteiger partial charge is 0.278 e. The van der Waals surface area contributed by atoms with Gasteiger partial charge in [-0.1, -0.05) is 18.2 Å². The third-order valence-electron chi connectivity index (χ3n) is 6.86. The van der Waals surface area contributed by atoms with E-state index in [9.17, 15) is 18.7 Å². The molecule has 9 nitrogen and oxygen atoms in total. The third-order valence-corrected chi connectivity index (χ3v) is 6.86. The van der Waals surface area contributed by atoms with Crippen molar-refractivity contribution in [3.63, 3.8) is 0 Å². The second-order valence-electron chi connectivity index (χ2n) is 9.58. The number of nitrogens with zero attached hydrogens (tertiary/aromatic N) is 5. The van der Waals surface area contributed by atoms with E-state index in [0.29, 0.717) is 11.6 Å². The molecule has 3 N–H and O–H groups in total. The predicted molar refractivity (Wildman–Crippen MR) is 134 cm³/mol. The van der Waals surface area contributed by atoms with Gasteiger partial charge in [0, 0.05) is 31.3 Å². The lowest BCUT2D eigenvalue weighted by molar-refractivity contribution is -0.212. The number of halogens is 2. The van der Waals surface area contributed by atoms with E-state index in [4.69, 9.17) is 0 Å². The highest BCUT2D eigenvalue weighted by Crippen LogP contribution is 2.51. The van der Waals surface area contributed by atoms with Crippen LogP contribution in [0.1, 0.15) is 29.7 Å². The molecule has 0 atom stereocenters. The SMILES string of the molecule is C=CCn1c(=O)c2cnc(Nc3ccc4c(c3)CCNC4)nc2n1-c1cccc(C2(O)CC(F)(F)C2)n1. The summed E-state index contributed by atoms with van der Waals surface area (Å²) in [5.41, 5.74) is 1.67. The molecule has 1 saturated carbocycles. The van der Waals surface area contributed by atoms with Gasteiger partial charge in [-0.15, -0.1) is 6.58 Å². The monoisotopic (exact) mass is 505 g/mol. The number of pyridine rings is 1. The van der Waals surface area contributed by atoms with Gasteiger partial charge in [-0.25, -0.2) is 28.1 Å². The van der Waals surface area contributed by atoms with Crippen LogP contribution >= 0.6 is 0 Å². The molecule has 0 radical (unpaired) electrons. The first-order valence-electron chi connectivity index (χ1n) is 12.0. The summed E-state index contributed by atoms with van der Waals surface area (Å²) in [6, 6.07) is 10.8.